The van der Waals surface area contributed by atoms with Crippen LogP contribution in [0.5, 0.6) is 6.01 Å². The van der Waals surface area contributed by atoms with E-state index < -0.39 is 12.0 Å². The average molecular weight is 499 g/mol. The molecule has 2 fully saturated rings. The molecule has 2 saturated heterocycles. The van der Waals surface area contributed by atoms with Gasteiger partial charge in [-0.2, -0.15) is 10.2 Å². The van der Waals surface area contributed by atoms with Crippen molar-refractivity contribution < 1.29 is 13.5 Å². The zero-order valence-corrected chi connectivity index (χ0v) is 19.8. The molecular formula is C24H24F2N6O2S. The largest absolute Gasteiger partial charge is 0.463 e. The number of anilines is 2. The topological polar surface area (TPSA) is 111 Å². The van der Waals surface area contributed by atoms with E-state index in [4.69, 9.17) is 10.5 Å². The van der Waals surface area contributed by atoms with E-state index in [9.17, 15) is 18.8 Å². The van der Waals surface area contributed by atoms with Gasteiger partial charge in [-0.3, -0.25) is 14.7 Å². The molecule has 3 aromatic rings. The van der Waals surface area contributed by atoms with Crippen LogP contribution < -0.4 is 20.9 Å². The molecule has 0 aliphatic carbocycles. The molecule has 8 nitrogen and oxygen atoms in total. The second-order valence-electron chi connectivity index (χ2n) is 9.56. The standard InChI is InChI=1S/C24H24F2N6O2S/c25-13-8-24(5-1-6-32(24)10-13)12-34-23-29-17-11-31(7-4-14(17)22(33)30-23)18-3-2-16(26)20-19(18)15(9-27)21(28)35-20/h2-3,13H,1,4-8,10-12,28H2,(H,29,30,33)/t13-,24+/m1/s1. The second kappa shape index (κ2) is 8.17. The number of nitrogens with two attached hydrogens (primary N) is 1. The third-order valence-corrected chi connectivity index (χ3v) is 8.57. The van der Waals surface area contributed by atoms with E-state index in [2.05, 4.69) is 20.9 Å². The van der Waals surface area contributed by atoms with Gasteiger partial charge in [-0.15, -0.1) is 11.3 Å². The normalized spacial score (nSPS) is 23.9. The molecule has 0 saturated carbocycles. The monoisotopic (exact) mass is 498 g/mol. The Hall–Kier alpha value is -3.23. The highest BCUT2D eigenvalue weighted by molar-refractivity contribution is 7.23. The van der Waals surface area contributed by atoms with Crippen LogP contribution in [0.3, 0.4) is 0 Å². The lowest BCUT2D eigenvalue weighted by Gasteiger charge is -2.32. The Bertz CT molecular complexity index is 1430. The number of ether oxygens (including phenoxy) is 1. The highest BCUT2D eigenvalue weighted by atomic mass is 32.1. The summed E-state index contributed by atoms with van der Waals surface area (Å²) in [6, 6.07) is 5.24. The van der Waals surface area contributed by atoms with Gasteiger partial charge in [-0.1, -0.05) is 0 Å². The minimum Gasteiger partial charge on any atom is -0.463 e. The lowest BCUT2D eigenvalue weighted by molar-refractivity contribution is 0.107. The van der Waals surface area contributed by atoms with Gasteiger partial charge in [-0.25, -0.2) is 8.78 Å². The van der Waals surface area contributed by atoms with Gasteiger partial charge in [0.25, 0.3) is 11.6 Å². The molecule has 3 aliphatic rings. The number of nitrogen functional groups attached to an aromatic ring is 1. The average Bonchev–Trinajstić information content (AvgIpc) is 3.47. The Morgan fingerprint density at radius 1 is 1.40 bits per heavy atom. The van der Waals surface area contributed by atoms with Gasteiger partial charge in [-0.05, 0) is 37.9 Å². The number of rotatable bonds is 4. The summed E-state index contributed by atoms with van der Waals surface area (Å²) < 4.78 is 34.8. The number of nitriles is 1. The fraction of sp³-hybridized carbons (Fsp3) is 0.458. The first kappa shape index (κ1) is 22.2. The number of thiophene rings is 1. The van der Waals surface area contributed by atoms with Crippen molar-refractivity contribution in [3.05, 3.63) is 45.1 Å². The number of nitrogens with one attached hydrogen (secondary N) is 1. The number of H-pyrrole nitrogens is 1. The van der Waals surface area contributed by atoms with E-state index >= 15 is 0 Å². The summed E-state index contributed by atoms with van der Waals surface area (Å²) in [7, 11) is 0. The SMILES string of the molecule is N#Cc1c(N)sc2c(F)ccc(N3CCc4c(nc(OC[C@@]56CCCN5C[C@H](F)C6)[nH]c4=O)C3)c12. The van der Waals surface area contributed by atoms with E-state index in [1.54, 1.807) is 6.07 Å². The molecule has 1 aromatic carbocycles. The number of aromatic amines is 1. The highest BCUT2D eigenvalue weighted by Crippen LogP contribution is 2.42. The Labute approximate surface area is 203 Å². The first-order valence-corrected chi connectivity index (χ1v) is 12.5. The van der Waals surface area contributed by atoms with Crippen LogP contribution in [0.1, 0.15) is 36.1 Å². The van der Waals surface area contributed by atoms with Crippen molar-refractivity contribution in [2.75, 3.05) is 36.9 Å². The maximum absolute atomic E-state index is 14.5. The number of halogens is 2. The van der Waals surface area contributed by atoms with Crippen LogP contribution in [0.15, 0.2) is 16.9 Å². The molecule has 3 N–H and O–H groups in total. The molecule has 11 heteroatoms. The number of hydrogen-bond donors (Lipinski definition) is 2. The summed E-state index contributed by atoms with van der Waals surface area (Å²) in [4.78, 5) is 24.2. The molecule has 2 aromatic heterocycles. The van der Waals surface area contributed by atoms with Crippen LogP contribution in [0, 0.1) is 17.1 Å². The molecule has 0 bridgehead atoms. The van der Waals surface area contributed by atoms with Crippen LogP contribution in [0.4, 0.5) is 19.5 Å². The zero-order chi connectivity index (χ0) is 24.3. The Kier molecular flexibility index (Phi) is 5.19. The minimum atomic E-state index is -0.861. The maximum Gasteiger partial charge on any atom is 0.296 e. The fourth-order valence-corrected chi connectivity index (χ4v) is 6.83. The van der Waals surface area contributed by atoms with Crippen molar-refractivity contribution in [3.63, 3.8) is 0 Å². The molecule has 182 valence electrons. The van der Waals surface area contributed by atoms with Crippen molar-refractivity contribution in [1.29, 1.82) is 5.26 Å². The molecule has 0 radical (unpaired) electrons. The van der Waals surface area contributed by atoms with E-state index in [0.717, 1.165) is 30.7 Å². The summed E-state index contributed by atoms with van der Waals surface area (Å²) in [6.07, 6.45) is 1.88. The maximum atomic E-state index is 14.5. The van der Waals surface area contributed by atoms with Crippen molar-refractivity contribution >= 4 is 32.1 Å². The number of aromatic nitrogens is 2. The number of benzene rings is 1. The molecule has 35 heavy (non-hydrogen) atoms. The Balaban J connectivity index is 1.30. The van der Waals surface area contributed by atoms with Crippen molar-refractivity contribution in [2.45, 2.75) is 43.9 Å². The van der Waals surface area contributed by atoms with E-state index in [-0.39, 0.29) is 34.3 Å². The van der Waals surface area contributed by atoms with E-state index in [1.807, 2.05) is 4.90 Å². The summed E-state index contributed by atoms with van der Waals surface area (Å²) in [6.45, 7) is 2.38. The first-order chi connectivity index (χ1) is 16.9. The van der Waals surface area contributed by atoms with Gasteiger partial charge < -0.3 is 15.4 Å². The van der Waals surface area contributed by atoms with Gasteiger partial charge in [0.15, 0.2) is 0 Å². The predicted octanol–water partition coefficient (Wildman–Crippen LogP) is 3.10. The Morgan fingerprint density at radius 2 is 2.26 bits per heavy atom. The number of fused-ring (bicyclic) bond motifs is 3. The molecule has 5 heterocycles. The predicted molar refractivity (Wildman–Crippen MR) is 129 cm³/mol. The molecule has 3 aliphatic heterocycles. The lowest BCUT2D eigenvalue weighted by atomic mass is 9.95. The Morgan fingerprint density at radius 3 is 3.09 bits per heavy atom. The molecule has 0 spiro atoms. The van der Waals surface area contributed by atoms with Crippen LogP contribution >= 0.6 is 11.3 Å². The second-order valence-corrected chi connectivity index (χ2v) is 10.6. The van der Waals surface area contributed by atoms with Crippen LogP contribution in [0.2, 0.25) is 0 Å². The smallest absolute Gasteiger partial charge is 0.296 e. The third-order valence-electron chi connectivity index (χ3n) is 7.54. The molecule has 0 unspecified atom stereocenters. The van der Waals surface area contributed by atoms with E-state index in [1.165, 1.54) is 6.07 Å². The van der Waals surface area contributed by atoms with Crippen LogP contribution in [-0.4, -0.2) is 52.8 Å². The van der Waals surface area contributed by atoms with Gasteiger partial charge >= 0.3 is 0 Å². The molecular weight excluding hydrogens is 474 g/mol. The summed E-state index contributed by atoms with van der Waals surface area (Å²) >= 11 is 1.06. The molecule has 2 atom stereocenters. The zero-order valence-electron chi connectivity index (χ0n) is 18.9. The van der Waals surface area contributed by atoms with Gasteiger partial charge in [0.2, 0.25) is 0 Å². The minimum absolute atomic E-state index is 0.126. The van der Waals surface area contributed by atoms with Crippen LogP contribution in [0.25, 0.3) is 10.1 Å². The number of nitrogens with zero attached hydrogens (tertiary/aromatic N) is 4. The van der Waals surface area contributed by atoms with Crippen LogP contribution in [-0.2, 0) is 13.0 Å². The summed E-state index contributed by atoms with van der Waals surface area (Å²) in [5.41, 5.74) is 7.50. The van der Waals surface area contributed by atoms with Gasteiger partial charge in [0, 0.05) is 36.1 Å². The van der Waals surface area contributed by atoms with Crippen molar-refractivity contribution in [1.82, 2.24) is 14.9 Å². The lowest BCUT2D eigenvalue weighted by Crippen LogP contribution is -2.44. The molecule has 6 rings (SSSR count). The quantitative estimate of drug-likeness (QED) is 0.569. The van der Waals surface area contributed by atoms with Gasteiger partial charge in [0.1, 0.15) is 29.7 Å². The summed E-state index contributed by atoms with van der Waals surface area (Å²) in [5, 5.41) is 10.4. The third kappa shape index (κ3) is 3.54. The van der Waals surface area contributed by atoms with Crippen molar-refractivity contribution in [3.8, 4) is 12.1 Å². The fourth-order valence-electron chi connectivity index (χ4n) is 5.89. The van der Waals surface area contributed by atoms with Gasteiger partial charge in [0.05, 0.1) is 28.0 Å². The number of hydrogen-bond acceptors (Lipinski definition) is 8. The first-order valence-electron chi connectivity index (χ1n) is 11.7. The van der Waals surface area contributed by atoms with E-state index in [0.29, 0.717) is 59.5 Å². The highest BCUT2D eigenvalue weighted by Gasteiger charge is 2.49. The number of alkyl halides is 1. The molecule has 0 amide bonds. The summed E-state index contributed by atoms with van der Waals surface area (Å²) in [5.74, 6) is -0.424. The van der Waals surface area contributed by atoms with Crippen molar-refractivity contribution in [2.24, 2.45) is 0 Å².